The van der Waals surface area contributed by atoms with Gasteiger partial charge in [-0.2, -0.15) is 5.26 Å². The topological polar surface area (TPSA) is 67.6 Å². The smallest absolute Gasteiger partial charge is 0.133 e. The molecule has 5 heteroatoms. The number of anilines is 1. The van der Waals surface area contributed by atoms with Crippen molar-refractivity contribution in [2.24, 2.45) is 7.05 Å². The maximum absolute atomic E-state index is 8.91. The average Bonchev–Trinajstić information content (AvgIpc) is 2.44. The predicted octanol–water partition coefficient (Wildman–Crippen LogP) is 1.63. The molecule has 2 rings (SSSR count). The van der Waals surface area contributed by atoms with Crippen LogP contribution in [0.3, 0.4) is 0 Å². The summed E-state index contributed by atoms with van der Waals surface area (Å²) in [5.74, 6) is 0.476. The molecule has 2 N–H and O–H groups in total. The molecule has 0 atom stereocenters. The summed E-state index contributed by atoms with van der Waals surface area (Å²) in [6.07, 6.45) is 3.44. The number of pyridine rings is 1. The second-order valence-electron chi connectivity index (χ2n) is 2.98. The number of rotatable bonds is 0. The molecule has 0 amide bonds. The molecule has 70 valence electrons. The molecule has 4 nitrogen and oxygen atoms in total. The Hall–Kier alpha value is -1.29. The molecule has 0 saturated carbocycles. The van der Waals surface area contributed by atoms with Crippen LogP contribution in [0.1, 0.15) is 5.56 Å². The zero-order valence-corrected chi connectivity index (χ0v) is 9.61. The molecular weight excluding hydrogens is 291 g/mol. The van der Waals surface area contributed by atoms with Crippen molar-refractivity contribution in [2.75, 3.05) is 5.73 Å². The Bertz CT molecular complexity index is 550. The lowest BCUT2D eigenvalue weighted by molar-refractivity contribution is 0.963. The molecule has 0 aliphatic heterocycles. The number of nitriles is 1. The number of fused-ring (bicyclic) bond motifs is 1. The summed E-state index contributed by atoms with van der Waals surface area (Å²) in [5, 5.41) is 9.78. The molecule has 0 spiro atoms. The SMILES string of the molecule is Cn1cc(I)c2c(N)ncc(C#N)c21. The summed E-state index contributed by atoms with van der Waals surface area (Å²) in [6.45, 7) is 0. The Kier molecular flexibility index (Phi) is 2.07. The number of nitrogen functional groups attached to an aromatic ring is 1. The normalized spacial score (nSPS) is 10.4. The van der Waals surface area contributed by atoms with Crippen molar-refractivity contribution in [3.05, 3.63) is 21.5 Å². The first-order valence-electron chi connectivity index (χ1n) is 3.94. The monoisotopic (exact) mass is 298 g/mol. The van der Waals surface area contributed by atoms with Gasteiger partial charge in [0.25, 0.3) is 0 Å². The second kappa shape index (κ2) is 3.13. The third-order valence-electron chi connectivity index (χ3n) is 2.10. The van der Waals surface area contributed by atoms with Gasteiger partial charge in [0.2, 0.25) is 0 Å². The van der Waals surface area contributed by atoms with Crippen LogP contribution < -0.4 is 5.73 Å². The molecule has 0 saturated heterocycles. The fourth-order valence-electron chi connectivity index (χ4n) is 1.50. The van der Waals surface area contributed by atoms with Crippen molar-refractivity contribution < 1.29 is 0 Å². The molecule has 14 heavy (non-hydrogen) atoms. The highest BCUT2D eigenvalue weighted by Crippen LogP contribution is 2.28. The van der Waals surface area contributed by atoms with Crippen molar-refractivity contribution in [3.8, 4) is 6.07 Å². The van der Waals surface area contributed by atoms with Crippen LogP contribution in [0.4, 0.5) is 5.82 Å². The van der Waals surface area contributed by atoms with Crippen molar-refractivity contribution in [1.29, 1.82) is 5.26 Å². The van der Waals surface area contributed by atoms with Crippen LogP contribution in [0.15, 0.2) is 12.4 Å². The highest BCUT2D eigenvalue weighted by Gasteiger charge is 2.12. The first-order valence-corrected chi connectivity index (χ1v) is 5.02. The number of aromatic nitrogens is 2. The molecule has 0 unspecified atom stereocenters. The van der Waals surface area contributed by atoms with E-state index >= 15 is 0 Å². The van der Waals surface area contributed by atoms with Gasteiger partial charge in [0.05, 0.1) is 16.5 Å². The third-order valence-corrected chi connectivity index (χ3v) is 2.92. The third kappa shape index (κ3) is 1.14. The first kappa shape index (κ1) is 9.27. The summed E-state index contributed by atoms with van der Waals surface area (Å²) in [7, 11) is 1.89. The van der Waals surface area contributed by atoms with Gasteiger partial charge in [-0.15, -0.1) is 0 Å². The van der Waals surface area contributed by atoms with Crippen LogP contribution in [-0.2, 0) is 7.05 Å². The van der Waals surface area contributed by atoms with Crippen LogP contribution in [0.5, 0.6) is 0 Å². The van der Waals surface area contributed by atoms with Gasteiger partial charge in [-0.1, -0.05) is 0 Å². The molecule has 2 aromatic rings. The van der Waals surface area contributed by atoms with Crippen LogP contribution in [0, 0.1) is 14.9 Å². The van der Waals surface area contributed by atoms with Gasteiger partial charge >= 0.3 is 0 Å². The van der Waals surface area contributed by atoms with Crippen LogP contribution >= 0.6 is 22.6 Å². The summed E-state index contributed by atoms with van der Waals surface area (Å²) in [4.78, 5) is 3.99. The van der Waals surface area contributed by atoms with Crippen LogP contribution in [0.25, 0.3) is 10.9 Å². The maximum atomic E-state index is 8.91. The van der Waals surface area contributed by atoms with Gasteiger partial charge in [0, 0.05) is 23.0 Å². The van der Waals surface area contributed by atoms with E-state index in [2.05, 4.69) is 33.6 Å². The Morgan fingerprint density at radius 3 is 3.00 bits per heavy atom. The Morgan fingerprint density at radius 1 is 1.64 bits per heavy atom. The van der Waals surface area contributed by atoms with Crippen LogP contribution in [-0.4, -0.2) is 9.55 Å². The molecule has 0 radical (unpaired) electrons. The number of hydrogen-bond donors (Lipinski definition) is 1. The van der Waals surface area contributed by atoms with E-state index < -0.39 is 0 Å². The zero-order chi connectivity index (χ0) is 10.3. The Morgan fingerprint density at radius 2 is 2.36 bits per heavy atom. The second-order valence-corrected chi connectivity index (χ2v) is 4.14. The lowest BCUT2D eigenvalue weighted by Crippen LogP contribution is -1.95. The summed E-state index contributed by atoms with van der Waals surface area (Å²) < 4.78 is 2.91. The average molecular weight is 298 g/mol. The molecule has 0 fully saturated rings. The van der Waals surface area contributed by atoms with Gasteiger partial charge in [-0.25, -0.2) is 4.98 Å². The van der Waals surface area contributed by atoms with Crippen molar-refractivity contribution >= 4 is 39.3 Å². The zero-order valence-electron chi connectivity index (χ0n) is 7.45. The summed E-state index contributed by atoms with van der Waals surface area (Å²) in [5.41, 5.74) is 7.16. The predicted molar refractivity (Wildman–Crippen MR) is 62.6 cm³/mol. The van der Waals surface area contributed by atoms with E-state index in [4.69, 9.17) is 11.0 Å². The molecule has 0 aliphatic rings. The molecular formula is C9H7IN4. The number of halogens is 1. The van der Waals surface area contributed by atoms with Gasteiger partial charge in [-0.3, -0.25) is 0 Å². The number of nitrogens with two attached hydrogens (primary N) is 1. The van der Waals surface area contributed by atoms with Crippen molar-refractivity contribution in [2.45, 2.75) is 0 Å². The highest BCUT2D eigenvalue weighted by atomic mass is 127. The van der Waals surface area contributed by atoms with Gasteiger partial charge in [0.15, 0.2) is 0 Å². The van der Waals surface area contributed by atoms with E-state index in [-0.39, 0.29) is 0 Å². The molecule has 2 heterocycles. The minimum absolute atomic E-state index is 0.476. The number of nitrogens with zero attached hydrogens (tertiary/aromatic N) is 3. The van der Waals surface area contributed by atoms with Gasteiger partial charge in [-0.05, 0) is 22.6 Å². The summed E-state index contributed by atoms with van der Waals surface area (Å²) >= 11 is 2.19. The number of hydrogen-bond acceptors (Lipinski definition) is 3. The van der Waals surface area contributed by atoms with E-state index in [1.807, 2.05) is 17.8 Å². The largest absolute Gasteiger partial charge is 0.383 e. The minimum Gasteiger partial charge on any atom is -0.383 e. The molecule has 0 aliphatic carbocycles. The van der Waals surface area contributed by atoms with E-state index in [0.29, 0.717) is 11.4 Å². The first-order chi connectivity index (χ1) is 6.65. The molecule has 0 bridgehead atoms. The quantitative estimate of drug-likeness (QED) is 0.752. The Labute approximate surface area is 94.5 Å². The van der Waals surface area contributed by atoms with E-state index in [1.54, 1.807) is 0 Å². The maximum Gasteiger partial charge on any atom is 0.133 e. The fourth-order valence-corrected chi connectivity index (χ4v) is 2.45. The van der Waals surface area contributed by atoms with E-state index in [0.717, 1.165) is 14.5 Å². The lowest BCUT2D eigenvalue weighted by Gasteiger charge is -2.00. The van der Waals surface area contributed by atoms with Gasteiger partial charge in [0.1, 0.15) is 11.9 Å². The van der Waals surface area contributed by atoms with Crippen LogP contribution in [0.2, 0.25) is 0 Å². The standard InChI is InChI=1S/C9H7IN4/c1-14-4-6(10)7-8(14)5(2-11)3-13-9(7)12/h3-4H,1H3,(H2,12,13). The van der Waals surface area contributed by atoms with Crippen molar-refractivity contribution in [1.82, 2.24) is 9.55 Å². The van der Waals surface area contributed by atoms with Gasteiger partial charge < -0.3 is 10.3 Å². The highest BCUT2D eigenvalue weighted by molar-refractivity contribution is 14.1. The summed E-state index contributed by atoms with van der Waals surface area (Å²) in [6, 6.07) is 2.11. The van der Waals surface area contributed by atoms with E-state index in [1.165, 1.54) is 6.20 Å². The molecule has 2 aromatic heterocycles. The van der Waals surface area contributed by atoms with E-state index in [9.17, 15) is 0 Å². The minimum atomic E-state index is 0.476. The fraction of sp³-hybridized carbons (Fsp3) is 0.111. The Balaban J connectivity index is 3.04. The lowest BCUT2D eigenvalue weighted by atomic mass is 10.2. The molecule has 0 aromatic carbocycles. The van der Waals surface area contributed by atoms with Crippen molar-refractivity contribution in [3.63, 3.8) is 0 Å². The number of aryl methyl sites for hydroxylation is 1.